The predicted molar refractivity (Wildman–Crippen MR) is 153 cm³/mol. The SMILES string of the molecule is CCCCCCCCCCCCCCCCCC(=O)N(CCO)CCOC(=O)CC(C(=O)O)S(=O)(=O)O.N.[Na]. The largest absolute Gasteiger partial charge is 0.480 e. The second-order valence-corrected chi connectivity index (χ2v) is 11.2. The van der Waals surface area contributed by atoms with Crippen LogP contribution in [0.25, 0.3) is 0 Å². The molecule has 0 saturated carbocycles. The van der Waals surface area contributed by atoms with Crippen LogP contribution in [0.3, 0.4) is 0 Å². The van der Waals surface area contributed by atoms with Gasteiger partial charge in [-0.2, -0.15) is 8.42 Å². The van der Waals surface area contributed by atoms with Crippen LogP contribution in [0.5, 0.6) is 0 Å². The summed E-state index contributed by atoms with van der Waals surface area (Å²) < 4.78 is 35.8. The second-order valence-electron chi connectivity index (χ2n) is 9.57. The molecule has 0 spiro atoms. The molecule has 0 rings (SSSR count). The first kappa shape index (κ1) is 42.7. The number of ether oxygens (including phenoxy) is 1. The van der Waals surface area contributed by atoms with E-state index in [-0.39, 0.29) is 67.9 Å². The number of carboxylic acids is 1. The van der Waals surface area contributed by atoms with Crippen molar-refractivity contribution in [1.29, 1.82) is 0 Å². The van der Waals surface area contributed by atoms with Crippen molar-refractivity contribution < 1.29 is 42.3 Å². The Balaban J connectivity index is -0.00000648. The minimum Gasteiger partial charge on any atom is -0.480 e. The molecular formula is C26H52N2NaO9S. The Morgan fingerprint density at radius 3 is 1.62 bits per heavy atom. The number of carbonyl (C=O) groups excluding carboxylic acids is 2. The average molecular weight is 592 g/mol. The minimum absolute atomic E-state index is 0. The third-order valence-corrected chi connectivity index (χ3v) is 7.42. The Bertz CT molecular complexity index is 739. The Morgan fingerprint density at radius 1 is 0.795 bits per heavy atom. The van der Waals surface area contributed by atoms with E-state index in [4.69, 9.17) is 14.4 Å². The summed E-state index contributed by atoms with van der Waals surface area (Å²) in [7, 11) is -4.95. The van der Waals surface area contributed by atoms with Gasteiger partial charge in [-0.25, -0.2) is 0 Å². The number of hydrogen-bond acceptors (Lipinski definition) is 8. The summed E-state index contributed by atoms with van der Waals surface area (Å²) in [5.41, 5.74) is 0. The average Bonchev–Trinajstić information content (AvgIpc) is 2.83. The number of aliphatic hydroxyl groups is 1. The Labute approximate surface area is 257 Å². The summed E-state index contributed by atoms with van der Waals surface area (Å²) in [4.78, 5) is 36.4. The number of aliphatic carboxylic acids is 1. The maximum absolute atomic E-state index is 12.4. The van der Waals surface area contributed by atoms with Gasteiger partial charge in [0.05, 0.1) is 19.6 Å². The zero-order valence-electron chi connectivity index (χ0n) is 24.3. The van der Waals surface area contributed by atoms with Gasteiger partial charge in [0.15, 0.2) is 5.25 Å². The van der Waals surface area contributed by atoms with Crippen molar-refractivity contribution in [3.8, 4) is 0 Å². The van der Waals surface area contributed by atoms with Gasteiger partial charge in [-0.3, -0.25) is 18.9 Å². The van der Waals surface area contributed by atoms with Gasteiger partial charge in [-0.15, -0.1) is 0 Å². The molecule has 1 radical (unpaired) electrons. The van der Waals surface area contributed by atoms with Gasteiger partial charge in [0.25, 0.3) is 10.1 Å². The van der Waals surface area contributed by atoms with E-state index in [0.717, 1.165) is 25.7 Å². The molecule has 11 nitrogen and oxygen atoms in total. The fourth-order valence-electron chi connectivity index (χ4n) is 4.09. The van der Waals surface area contributed by atoms with Crippen molar-refractivity contribution >= 4 is 57.5 Å². The number of aliphatic hydroxyl groups excluding tert-OH is 1. The fraction of sp³-hybridized carbons (Fsp3) is 0.885. The van der Waals surface area contributed by atoms with E-state index in [0.29, 0.717) is 6.42 Å². The Kier molecular flexibility index (Phi) is 30.0. The van der Waals surface area contributed by atoms with Gasteiger partial charge in [-0.05, 0) is 6.42 Å². The molecule has 0 aliphatic rings. The summed E-state index contributed by atoms with van der Waals surface area (Å²) in [5, 5.41) is 15.7. The Morgan fingerprint density at radius 2 is 1.23 bits per heavy atom. The van der Waals surface area contributed by atoms with Crippen molar-refractivity contribution in [2.75, 3.05) is 26.3 Å². The number of rotatable bonds is 25. The predicted octanol–water partition coefficient (Wildman–Crippen LogP) is 4.12. The van der Waals surface area contributed by atoms with Crippen LogP contribution in [-0.2, 0) is 29.2 Å². The third kappa shape index (κ3) is 24.7. The van der Waals surface area contributed by atoms with Crippen molar-refractivity contribution in [2.24, 2.45) is 0 Å². The molecule has 0 bridgehead atoms. The molecule has 0 fully saturated rings. The first-order chi connectivity index (χ1) is 17.6. The molecule has 39 heavy (non-hydrogen) atoms. The summed E-state index contributed by atoms with van der Waals surface area (Å²) in [5.74, 6) is -3.16. The molecular weight excluding hydrogens is 539 g/mol. The maximum atomic E-state index is 12.4. The van der Waals surface area contributed by atoms with Crippen molar-refractivity contribution in [3.63, 3.8) is 0 Å². The van der Waals surface area contributed by atoms with E-state index in [1.165, 1.54) is 75.5 Å². The van der Waals surface area contributed by atoms with Crippen LogP contribution in [0.2, 0.25) is 0 Å². The smallest absolute Gasteiger partial charge is 0.325 e. The monoisotopic (exact) mass is 591 g/mol. The van der Waals surface area contributed by atoms with Crippen LogP contribution in [0.15, 0.2) is 0 Å². The molecule has 0 aromatic rings. The molecule has 1 atom stereocenters. The quantitative estimate of drug-likeness (QED) is 0.0519. The molecule has 1 unspecified atom stereocenters. The molecule has 227 valence electrons. The zero-order chi connectivity index (χ0) is 27.9. The minimum atomic E-state index is -4.95. The molecule has 0 aromatic carbocycles. The second kappa shape index (κ2) is 27.4. The van der Waals surface area contributed by atoms with Gasteiger partial charge in [0, 0.05) is 42.5 Å². The van der Waals surface area contributed by atoms with Crippen molar-refractivity contribution in [1.82, 2.24) is 11.1 Å². The number of esters is 1. The summed E-state index contributed by atoms with van der Waals surface area (Å²) >= 11 is 0. The first-order valence-corrected chi connectivity index (χ1v) is 15.4. The van der Waals surface area contributed by atoms with E-state index in [1.54, 1.807) is 0 Å². The van der Waals surface area contributed by atoms with E-state index in [2.05, 4.69) is 6.92 Å². The fourth-order valence-corrected chi connectivity index (χ4v) is 4.69. The molecule has 0 saturated heterocycles. The zero-order valence-corrected chi connectivity index (χ0v) is 27.1. The van der Waals surface area contributed by atoms with E-state index in [1.807, 2.05) is 0 Å². The molecule has 13 heteroatoms. The summed E-state index contributed by atoms with van der Waals surface area (Å²) in [6.07, 6.45) is 17.7. The molecule has 0 aromatic heterocycles. The molecule has 6 N–H and O–H groups in total. The molecule has 0 aliphatic heterocycles. The van der Waals surface area contributed by atoms with Gasteiger partial charge in [0.2, 0.25) is 5.91 Å². The number of carboxylic acid groups (broad SMARTS) is 1. The van der Waals surface area contributed by atoms with Crippen LogP contribution in [-0.4, -0.2) is 107 Å². The number of carbonyl (C=O) groups is 3. The van der Waals surface area contributed by atoms with Gasteiger partial charge >= 0.3 is 11.9 Å². The van der Waals surface area contributed by atoms with Crippen LogP contribution in [0.4, 0.5) is 0 Å². The van der Waals surface area contributed by atoms with Gasteiger partial charge in [-0.1, -0.05) is 96.8 Å². The third-order valence-electron chi connectivity index (χ3n) is 6.33. The number of unbranched alkanes of at least 4 members (excludes halogenated alkanes) is 14. The Hall–Kier alpha value is -0.760. The molecule has 0 heterocycles. The van der Waals surface area contributed by atoms with Crippen LogP contribution >= 0.6 is 0 Å². The van der Waals surface area contributed by atoms with E-state index in [9.17, 15) is 27.9 Å². The van der Waals surface area contributed by atoms with Crippen molar-refractivity contribution in [3.05, 3.63) is 0 Å². The van der Waals surface area contributed by atoms with Crippen LogP contribution in [0, 0.1) is 0 Å². The summed E-state index contributed by atoms with van der Waals surface area (Å²) in [6, 6.07) is 0. The molecule has 0 aliphatic carbocycles. The van der Waals surface area contributed by atoms with Crippen LogP contribution in [0.1, 0.15) is 116 Å². The van der Waals surface area contributed by atoms with E-state index < -0.39 is 33.7 Å². The number of amides is 1. The number of hydrogen-bond donors (Lipinski definition) is 4. The van der Waals surface area contributed by atoms with Crippen LogP contribution < -0.4 is 6.15 Å². The van der Waals surface area contributed by atoms with E-state index >= 15 is 0 Å². The van der Waals surface area contributed by atoms with Gasteiger partial charge in [0.1, 0.15) is 6.61 Å². The van der Waals surface area contributed by atoms with Gasteiger partial charge < -0.3 is 26.0 Å². The van der Waals surface area contributed by atoms with Crippen molar-refractivity contribution in [2.45, 2.75) is 121 Å². The maximum Gasteiger partial charge on any atom is 0.325 e. The normalized spacial score (nSPS) is 11.7. The first-order valence-electron chi connectivity index (χ1n) is 13.9. The standard InChI is InChI=1S/C26H49NO9S.H3N.Na/c1-2-3-4-5-6-7-8-9-10-11-12-13-14-15-16-17-24(29)27(18-20-28)19-21-36-25(30)22-23(26(31)32)37(33,34)35;;/h23,28H,2-22H2,1H3,(H,31,32)(H,33,34,35);1H3;. The number of nitrogens with zero attached hydrogens (tertiary/aromatic N) is 1. The summed E-state index contributed by atoms with van der Waals surface area (Å²) in [6.45, 7) is 1.76. The topological polar surface area (TPSA) is 194 Å². The molecule has 1 amide bonds.